The zero-order valence-corrected chi connectivity index (χ0v) is 20.6. The highest BCUT2D eigenvalue weighted by Crippen LogP contribution is 2.37. The van der Waals surface area contributed by atoms with Crippen LogP contribution in [0.3, 0.4) is 0 Å². The predicted octanol–water partition coefficient (Wildman–Crippen LogP) is 7.54. The molecule has 2 heterocycles. The summed E-state index contributed by atoms with van der Waals surface area (Å²) < 4.78 is 2.19. The van der Waals surface area contributed by atoms with Crippen molar-refractivity contribution < 1.29 is 9.59 Å². The molecule has 170 valence electrons. The van der Waals surface area contributed by atoms with Crippen molar-refractivity contribution in [3.63, 3.8) is 0 Å². The number of amides is 2. The predicted molar refractivity (Wildman–Crippen MR) is 140 cm³/mol. The molecule has 4 nitrogen and oxygen atoms in total. The minimum Gasteiger partial charge on any atom is -0.340 e. The molecule has 34 heavy (non-hydrogen) atoms. The number of benzene rings is 3. The van der Waals surface area contributed by atoms with Crippen molar-refractivity contribution in [2.75, 3.05) is 0 Å². The zero-order valence-electron chi connectivity index (χ0n) is 18.3. The summed E-state index contributed by atoms with van der Waals surface area (Å²) in [5.41, 5.74) is 4.80. The van der Waals surface area contributed by atoms with Crippen molar-refractivity contribution in [2.45, 2.75) is 20.0 Å². The third-order valence-electron chi connectivity index (χ3n) is 5.94. The van der Waals surface area contributed by atoms with Crippen LogP contribution in [0.15, 0.2) is 77.7 Å². The Morgan fingerprint density at radius 2 is 1.68 bits per heavy atom. The topological polar surface area (TPSA) is 42.3 Å². The molecule has 1 fully saturated rings. The fourth-order valence-corrected chi connectivity index (χ4v) is 5.45. The second-order valence-corrected chi connectivity index (χ2v) is 9.93. The lowest BCUT2D eigenvalue weighted by Crippen LogP contribution is -2.27. The Balaban J connectivity index is 1.52. The van der Waals surface area contributed by atoms with Crippen LogP contribution < -0.4 is 0 Å². The van der Waals surface area contributed by atoms with Gasteiger partial charge in [0.15, 0.2) is 0 Å². The minimum absolute atomic E-state index is 0.190. The summed E-state index contributed by atoms with van der Waals surface area (Å²) in [6.45, 7) is 2.82. The van der Waals surface area contributed by atoms with Crippen LogP contribution in [-0.4, -0.2) is 20.6 Å². The number of hydrogen-bond acceptors (Lipinski definition) is 3. The first-order valence-corrected chi connectivity index (χ1v) is 12.3. The van der Waals surface area contributed by atoms with Gasteiger partial charge in [-0.05, 0) is 60.2 Å². The van der Waals surface area contributed by atoms with Crippen molar-refractivity contribution in [1.82, 2.24) is 9.47 Å². The van der Waals surface area contributed by atoms with E-state index < -0.39 is 0 Å². The quantitative estimate of drug-likeness (QED) is 0.262. The molecule has 0 bridgehead atoms. The molecule has 1 aromatic heterocycles. The molecule has 0 radical (unpaired) electrons. The zero-order chi connectivity index (χ0) is 23.8. The van der Waals surface area contributed by atoms with Gasteiger partial charge in [0.1, 0.15) is 0 Å². The van der Waals surface area contributed by atoms with Crippen molar-refractivity contribution >= 4 is 63.1 Å². The lowest BCUT2D eigenvalue weighted by molar-refractivity contribution is -0.123. The molecule has 3 aromatic carbocycles. The number of aromatic nitrogens is 1. The molecule has 1 aliphatic rings. The molecular weight excluding hydrogens is 487 g/mol. The Morgan fingerprint density at radius 1 is 0.912 bits per heavy atom. The molecule has 1 aliphatic heterocycles. The van der Waals surface area contributed by atoms with E-state index in [2.05, 4.69) is 10.6 Å². The van der Waals surface area contributed by atoms with Crippen LogP contribution >= 0.6 is 35.0 Å². The van der Waals surface area contributed by atoms with Crippen LogP contribution in [0.2, 0.25) is 10.0 Å². The fraction of sp³-hybridized carbons (Fsp3) is 0.111. The molecule has 0 atom stereocenters. The van der Waals surface area contributed by atoms with Gasteiger partial charge in [-0.1, -0.05) is 71.7 Å². The van der Waals surface area contributed by atoms with Crippen molar-refractivity contribution in [2.24, 2.45) is 0 Å². The maximum Gasteiger partial charge on any atom is 0.293 e. The van der Waals surface area contributed by atoms with Gasteiger partial charge < -0.3 is 4.57 Å². The summed E-state index contributed by atoms with van der Waals surface area (Å²) in [5, 5.41) is 2.02. The number of halogens is 2. The highest BCUT2D eigenvalue weighted by molar-refractivity contribution is 8.18. The summed E-state index contributed by atoms with van der Waals surface area (Å²) in [6, 6.07) is 23.0. The molecule has 4 aromatic rings. The normalized spacial score (nSPS) is 15.1. The van der Waals surface area contributed by atoms with E-state index in [9.17, 15) is 9.59 Å². The fourth-order valence-electron chi connectivity index (χ4n) is 4.23. The lowest BCUT2D eigenvalue weighted by Gasteiger charge is -2.12. The molecule has 0 N–H and O–H groups in total. The van der Waals surface area contributed by atoms with E-state index in [1.54, 1.807) is 12.1 Å². The number of imide groups is 1. The summed E-state index contributed by atoms with van der Waals surface area (Å²) in [5.74, 6) is -0.294. The van der Waals surface area contributed by atoms with Crippen LogP contribution in [-0.2, 0) is 17.9 Å². The second kappa shape index (κ2) is 9.34. The van der Waals surface area contributed by atoms with Crippen LogP contribution in [0.5, 0.6) is 0 Å². The number of nitrogens with zero attached hydrogens (tertiary/aromatic N) is 2. The first-order chi connectivity index (χ1) is 16.4. The molecule has 0 unspecified atom stereocenters. The average Bonchev–Trinajstić information content (AvgIpc) is 3.24. The smallest absolute Gasteiger partial charge is 0.293 e. The maximum absolute atomic E-state index is 13.2. The summed E-state index contributed by atoms with van der Waals surface area (Å²) in [4.78, 5) is 27.5. The van der Waals surface area contributed by atoms with Crippen LogP contribution in [0.4, 0.5) is 4.79 Å². The SMILES string of the molecule is Cc1c(/C=C2\SC(=O)N(Cc3cccc(Cl)c3)C2=O)c2ccccc2n1Cc1ccccc1Cl. The monoisotopic (exact) mass is 506 g/mol. The Kier molecular flexibility index (Phi) is 6.26. The van der Waals surface area contributed by atoms with Crippen LogP contribution in [0, 0.1) is 6.92 Å². The van der Waals surface area contributed by atoms with Gasteiger partial charge in [0, 0.05) is 38.8 Å². The summed E-state index contributed by atoms with van der Waals surface area (Å²) in [7, 11) is 0. The highest BCUT2D eigenvalue weighted by atomic mass is 35.5. The largest absolute Gasteiger partial charge is 0.340 e. The van der Waals surface area contributed by atoms with Crippen LogP contribution in [0.1, 0.15) is 22.4 Å². The van der Waals surface area contributed by atoms with Gasteiger partial charge >= 0.3 is 0 Å². The van der Waals surface area contributed by atoms with Gasteiger partial charge in [-0.3, -0.25) is 14.5 Å². The number of thioether (sulfide) groups is 1. The van der Waals surface area contributed by atoms with Gasteiger partial charge in [0.2, 0.25) is 0 Å². The van der Waals surface area contributed by atoms with E-state index >= 15 is 0 Å². The van der Waals surface area contributed by atoms with E-state index in [0.29, 0.717) is 21.5 Å². The first kappa shape index (κ1) is 22.8. The molecule has 0 spiro atoms. The van der Waals surface area contributed by atoms with Gasteiger partial charge in [0.05, 0.1) is 11.4 Å². The molecule has 2 amide bonds. The first-order valence-electron chi connectivity index (χ1n) is 10.7. The third kappa shape index (κ3) is 4.27. The highest BCUT2D eigenvalue weighted by Gasteiger charge is 2.35. The molecule has 1 saturated heterocycles. The second-order valence-electron chi connectivity index (χ2n) is 8.09. The Hall–Kier alpha value is -2.99. The number of fused-ring (bicyclic) bond motifs is 1. The molecule has 0 aliphatic carbocycles. The van der Waals surface area contributed by atoms with E-state index in [1.165, 1.54) is 4.90 Å². The molecule has 7 heteroatoms. The summed E-state index contributed by atoms with van der Waals surface area (Å²) in [6.07, 6.45) is 1.84. The number of carbonyl (C=O) groups excluding carboxylic acids is 2. The van der Waals surface area contributed by atoms with Gasteiger partial charge in [0.25, 0.3) is 11.1 Å². The number of carbonyl (C=O) groups is 2. The third-order valence-corrected chi connectivity index (χ3v) is 7.46. The number of rotatable bonds is 5. The van der Waals surface area contributed by atoms with Crippen molar-refractivity contribution in [3.8, 4) is 0 Å². The Morgan fingerprint density at radius 3 is 2.47 bits per heavy atom. The van der Waals surface area contributed by atoms with Gasteiger partial charge in [-0.2, -0.15) is 0 Å². The number of hydrogen-bond donors (Lipinski definition) is 0. The summed E-state index contributed by atoms with van der Waals surface area (Å²) >= 11 is 13.5. The van der Waals surface area contributed by atoms with E-state index in [1.807, 2.05) is 67.6 Å². The Labute approximate surface area is 211 Å². The van der Waals surface area contributed by atoms with Crippen molar-refractivity contribution in [3.05, 3.63) is 110 Å². The Bertz CT molecular complexity index is 1470. The maximum atomic E-state index is 13.2. The molecule has 5 rings (SSSR count). The molecule has 0 saturated carbocycles. The average molecular weight is 507 g/mol. The van der Waals surface area contributed by atoms with Crippen molar-refractivity contribution in [1.29, 1.82) is 0 Å². The van der Waals surface area contributed by atoms with E-state index in [4.69, 9.17) is 23.2 Å². The van der Waals surface area contributed by atoms with Crippen LogP contribution in [0.25, 0.3) is 17.0 Å². The minimum atomic E-state index is -0.294. The van der Waals surface area contributed by atoms with Gasteiger partial charge in [-0.25, -0.2) is 0 Å². The van der Waals surface area contributed by atoms with Gasteiger partial charge in [-0.15, -0.1) is 0 Å². The standard InChI is InChI=1S/C27H20Cl2N2O2S/c1-17-22(14-25-26(32)31(27(33)34-25)15-18-7-6-9-20(28)13-18)21-10-3-5-12-24(21)30(17)16-19-8-2-4-11-23(19)29/h2-14H,15-16H2,1H3/b25-14-. The van der Waals surface area contributed by atoms with E-state index in [0.717, 1.165) is 45.0 Å². The molecular formula is C27H20Cl2N2O2S. The van der Waals surface area contributed by atoms with E-state index in [-0.39, 0.29) is 17.7 Å². The lowest BCUT2D eigenvalue weighted by atomic mass is 10.1. The number of para-hydroxylation sites is 1.